The standard InChI is InChI=1S/C10H16N2O2S/c1-9(8-11)15(13,14)7-5-10-4-2-3-6-12-10/h2-4,6,9H,5,7-8,11H2,1H3. The zero-order valence-corrected chi connectivity index (χ0v) is 9.57. The summed E-state index contributed by atoms with van der Waals surface area (Å²) in [5.74, 6) is 0.113. The quantitative estimate of drug-likeness (QED) is 0.791. The molecule has 0 saturated carbocycles. The van der Waals surface area contributed by atoms with Crippen LogP contribution < -0.4 is 5.73 Å². The third kappa shape index (κ3) is 3.60. The molecule has 1 atom stereocenters. The topological polar surface area (TPSA) is 73.1 Å². The molecule has 5 heteroatoms. The molecule has 1 aromatic rings. The van der Waals surface area contributed by atoms with Gasteiger partial charge in [-0.1, -0.05) is 6.07 Å². The Morgan fingerprint density at radius 2 is 2.20 bits per heavy atom. The van der Waals surface area contributed by atoms with Gasteiger partial charge >= 0.3 is 0 Å². The van der Waals surface area contributed by atoms with Crippen molar-refractivity contribution in [3.8, 4) is 0 Å². The third-order valence-electron chi connectivity index (χ3n) is 2.31. The average molecular weight is 228 g/mol. The highest BCUT2D eigenvalue weighted by atomic mass is 32.2. The van der Waals surface area contributed by atoms with Gasteiger partial charge in [0.1, 0.15) is 0 Å². The van der Waals surface area contributed by atoms with Gasteiger partial charge in [0.05, 0.1) is 11.0 Å². The van der Waals surface area contributed by atoms with E-state index in [9.17, 15) is 8.42 Å². The maximum atomic E-state index is 11.6. The van der Waals surface area contributed by atoms with Gasteiger partial charge in [-0.25, -0.2) is 8.42 Å². The largest absolute Gasteiger partial charge is 0.329 e. The fourth-order valence-electron chi connectivity index (χ4n) is 1.14. The summed E-state index contributed by atoms with van der Waals surface area (Å²) in [6, 6.07) is 5.48. The molecule has 4 nitrogen and oxygen atoms in total. The normalized spacial score (nSPS) is 13.7. The minimum Gasteiger partial charge on any atom is -0.329 e. The van der Waals surface area contributed by atoms with Gasteiger partial charge in [-0.15, -0.1) is 0 Å². The molecular weight excluding hydrogens is 212 g/mol. The van der Waals surface area contributed by atoms with Crippen molar-refractivity contribution < 1.29 is 8.42 Å². The minimum atomic E-state index is -3.07. The van der Waals surface area contributed by atoms with Crippen LogP contribution in [0.1, 0.15) is 12.6 Å². The van der Waals surface area contributed by atoms with Gasteiger partial charge in [-0.2, -0.15) is 0 Å². The maximum Gasteiger partial charge on any atom is 0.154 e. The summed E-state index contributed by atoms with van der Waals surface area (Å²) in [5.41, 5.74) is 6.13. The summed E-state index contributed by atoms with van der Waals surface area (Å²) < 4.78 is 23.3. The highest BCUT2D eigenvalue weighted by molar-refractivity contribution is 7.92. The van der Waals surface area contributed by atoms with Gasteiger partial charge in [-0.3, -0.25) is 4.98 Å². The highest BCUT2D eigenvalue weighted by Crippen LogP contribution is 2.04. The fraction of sp³-hybridized carbons (Fsp3) is 0.500. The smallest absolute Gasteiger partial charge is 0.154 e. The zero-order valence-electron chi connectivity index (χ0n) is 8.76. The van der Waals surface area contributed by atoms with Gasteiger partial charge in [0.2, 0.25) is 0 Å². The molecular formula is C10H16N2O2S. The monoisotopic (exact) mass is 228 g/mol. The van der Waals surface area contributed by atoms with Crippen molar-refractivity contribution in [1.82, 2.24) is 4.98 Å². The van der Waals surface area contributed by atoms with E-state index in [4.69, 9.17) is 5.73 Å². The van der Waals surface area contributed by atoms with Crippen LogP contribution in [0, 0.1) is 0 Å². The SMILES string of the molecule is CC(CN)S(=O)(=O)CCc1ccccn1. The summed E-state index contributed by atoms with van der Waals surface area (Å²) in [5, 5.41) is -0.471. The molecule has 84 valence electrons. The molecule has 2 N–H and O–H groups in total. The second kappa shape index (κ2) is 5.23. The zero-order chi connectivity index (χ0) is 11.3. The number of nitrogens with two attached hydrogens (primary N) is 1. The molecule has 0 aromatic carbocycles. The summed E-state index contributed by atoms with van der Waals surface area (Å²) >= 11 is 0. The van der Waals surface area contributed by atoms with Crippen LogP contribution in [0.3, 0.4) is 0 Å². The Hall–Kier alpha value is -0.940. The van der Waals surface area contributed by atoms with Crippen molar-refractivity contribution in [3.63, 3.8) is 0 Å². The van der Waals surface area contributed by atoms with E-state index in [1.165, 1.54) is 0 Å². The number of nitrogens with zero attached hydrogens (tertiary/aromatic N) is 1. The highest BCUT2D eigenvalue weighted by Gasteiger charge is 2.18. The average Bonchev–Trinajstić information content (AvgIpc) is 2.27. The van der Waals surface area contributed by atoms with Crippen LogP contribution in [0.2, 0.25) is 0 Å². The fourth-order valence-corrected chi connectivity index (χ4v) is 2.33. The van der Waals surface area contributed by atoms with E-state index in [-0.39, 0.29) is 12.3 Å². The van der Waals surface area contributed by atoms with Crippen molar-refractivity contribution in [2.75, 3.05) is 12.3 Å². The molecule has 1 heterocycles. The van der Waals surface area contributed by atoms with E-state index in [0.717, 1.165) is 5.69 Å². The van der Waals surface area contributed by atoms with Crippen molar-refractivity contribution in [1.29, 1.82) is 0 Å². The van der Waals surface area contributed by atoms with Crippen molar-refractivity contribution in [2.45, 2.75) is 18.6 Å². The van der Waals surface area contributed by atoms with E-state index in [0.29, 0.717) is 6.42 Å². The van der Waals surface area contributed by atoms with E-state index in [1.54, 1.807) is 19.2 Å². The predicted molar refractivity (Wildman–Crippen MR) is 60.2 cm³/mol. The molecule has 1 unspecified atom stereocenters. The van der Waals surface area contributed by atoms with Crippen LogP contribution in [0.5, 0.6) is 0 Å². The number of rotatable bonds is 5. The molecule has 0 radical (unpaired) electrons. The van der Waals surface area contributed by atoms with Gasteiger partial charge in [0.15, 0.2) is 9.84 Å². The van der Waals surface area contributed by atoms with Crippen molar-refractivity contribution >= 4 is 9.84 Å². The Bertz CT molecular complexity index is 389. The molecule has 0 saturated heterocycles. The predicted octanol–water partition coefficient (Wildman–Crippen LogP) is 0.386. The van der Waals surface area contributed by atoms with Crippen molar-refractivity contribution in [3.05, 3.63) is 30.1 Å². The van der Waals surface area contributed by atoms with E-state index in [2.05, 4.69) is 4.98 Å². The number of hydrogen-bond donors (Lipinski definition) is 1. The minimum absolute atomic E-state index is 0.113. The number of sulfone groups is 1. The molecule has 0 aliphatic carbocycles. The Kier molecular flexibility index (Phi) is 4.23. The number of aromatic nitrogens is 1. The van der Waals surface area contributed by atoms with Crippen LogP contribution in [0.25, 0.3) is 0 Å². The van der Waals surface area contributed by atoms with Gasteiger partial charge in [0.25, 0.3) is 0 Å². The molecule has 0 fully saturated rings. The summed E-state index contributed by atoms with van der Waals surface area (Å²) in [7, 11) is -3.07. The van der Waals surface area contributed by atoms with Gasteiger partial charge < -0.3 is 5.73 Å². The number of hydrogen-bond acceptors (Lipinski definition) is 4. The summed E-state index contributed by atoms with van der Waals surface area (Å²) in [6.07, 6.45) is 2.11. The lowest BCUT2D eigenvalue weighted by atomic mass is 10.3. The first-order valence-electron chi connectivity index (χ1n) is 4.88. The van der Waals surface area contributed by atoms with Crippen molar-refractivity contribution in [2.24, 2.45) is 5.73 Å². The molecule has 0 spiro atoms. The van der Waals surface area contributed by atoms with E-state index in [1.807, 2.05) is 12.1 Å². The van der Waals surface area contributed by atoms with Gasteiger partial charge in [0, 0.05) is 24.9 Å². The third-order valence-corrected chi connectivity index (χ3v) is 4.51. The summed E-state index contributed by atoms with van der Waals surface area (Å²) in [6.45, 7) is 1.80. The number of pyridine rings is 1. The summed E-state index contributed by atoms with van der Waals surface area (Å²) in [4.78, 5) is 4.07. The molecule has 15 heavy (non-hydrogen) atoms. The lowest BCUT2D eigenvalue weighted by Gasteiger charge is -2.09. The first-order valence-corrected chi connectivity index (χ1v) is 6.59. The van der Waals surface area contributed by atoms with Crippen LogP contribution in [-0.2, 0) is 16.3 Å². The Labute approximate surface area is 90.4 Å². The molecule has 0 amide bonds. The molecule has 0 bridgehead atoms. The Balaban J connectivity index is 2.58. The Morgan fingerprint density at radius 3 is 2.73 bits per heavy atom. The molecule has 0 aliphatic heterocycles. The molecule has 0 aliphatic rings. The molecule has 1 rings (SSSR count). The first-order chi connectivity index (χ1) is 7.06. The Morgan fingerprint density at radius 1 is 1.47 bits per heavy atom. The van der Waals surface area contributed by atoms with Crippen LogP contribution in [0.15, 0.2) is 24.4 Å². The van der Waals surface area contributed by atoms with Crippen LogP contribution in [-0.4, -0.2) is 30.9 Å². The van der Waals surface area contributed by atoms with Crippen LogP contribution in [0.4, 0.5) is 0 Å². The van der Waals surface area contributed by atoms with E-state index < -0.39 is 15.1 Å². The van der Waals surface area contributed by atoms with Crippen LogP contribution >= 0.6 is 0 Å². The first kappa shape index (κ1) is 12.1. The maximum absolute atomic E-state index is 11.6. The number of aryl methyl sites for hydroxylation is 1. The second-order valence-corrected chi connectivity index (χ2v) is 6.02. The lowest BCUT2D eigenvalue weighted by Crippen LogP contribution is -2.29. The second-order valence-electron chi connectivity index (χ2n) is 3.48. The van der Waals surface area contributed by atoms with E-state index >= 15 is 0 Å². The lowest BCUT2D eigenvalue weighted by molar-refractivity contribution is 0.583. The molecule has 1 aromatic heterocycles. The van der Waals surface area contributed by atoms with Gasteiger partial charge in [-0.05, 0) is 19.1 Å².